The molecule has 0 fully saturated rings. The van der Waals surface area contributed by atoms with Crippen molar-refractivity contribution in [3.05, 3.63) is 47.5 Å². The van der Waals surface area contributed by atoms with E-state index in [1.165, 1.54) is 11.1 Å². The van der Waals surface area contributed by atoms with Gasteiger partial charge in [0.15, 0.2) is 0 Å². The summed E-state index contributed by atoms with van der Waals surface area (Å²) in [7, 11) is 0. The Morgan fingerprint density at radius 3 is 3.07 bits per heavy atom. The molecular formula is C12H14N2O. The molecule has 0 atom stereocenters. The summed E-state index contributed by atoms with van der Waals surface area (Å²) in [5.74, 6) is -0.0374. The van der Waals surface area contributed by atoms with Crippen LogP contribution in [0.5, 0.6) is 0 Å². The minimum absolute atomic E-state index is 0.0374. The molecule has 15 heavy (non-hydrogen) atoms. The van der Waals surface area contributed by atoms with Gasteiger partial charge < -0.3 is 10.6 Å². The highest BCUT2D eigenvalue weighted by Crippen LogP contribution is 2.16. The fraction of sp³-hybridized carbons (Fsp3) is 0.250. The molecule has 1 aromatic carbocycles. The Hall–Kier alpha value is -1.61. The van der Waals surface area contributed by atoms with Crippen molar-refractivity contribution < 1.29 is 4.79 Å². The van der Waals surface area contributed by atoms with Gasteiger partial charge in [0.05, 0.1) is 0 Å². The highest BCUT2D eigenvalue weighted by Gasteiger charge is 2.12. The molecule has 0 spiro atoms. The fourth-order valence-corrected chi connectivity index (χ4v) is 1.70. The predicted molar refractivity (Wildman–Crippen MR) is 59.5 cm³/mol. The summed E-state index contributed by atoms with van der Waals surface area (Å²) in [6.45, 7) is 5.83. The number of amides is 1. The van der Waals surface area contributed by atoms with Gasteiger partial charge in [0, 0.05) is 25.2 Å². The van der Waals surface area contributed by atoms with Crippen LogP contribution in [0.4, 0.5) is 0 Å². The van der Waals surface area contributed by atoms with E-state index in [1.54, 1.807) is 6.08 Å². The second-order valence-corrected chi connectivity index (χ2v) is 3.59. The molecule has 1 aromatic rings. The largest absolute Gasteiger partial charge is 0.349 e. The van der Waals surface area contributed by atoms with E-state index in [4.69, 9.17) is 0 Å². The van der Waals surface area contributed by atoms with Crippen molar-refractivity contribution in [2.45, 2.75) is 13.1 Å². The highest BCUT2D eigenvalue weighted by atomic mass is 16.1. The molecule has 0 saturated carbocycles. The second-order valence-electron chi connectivity index (χ2n) is 3.59. The van der Waals surface area contributed by atoms with Crippen LogP contribution in [-0.4, -0.2) is 12.5 Å². The Kier molecular flexibility index (Phi) is 2.83. The van der Waals surface area contributed by atoms with Crippen molar-refractivity contribution in [2.75, 3.05) is 6.54 Å². The Labute approximate surface area is 89.2 Å². The van der Waals surface area contributed by atoms with Crippen LogP contribution in [0, 0.1) is 0 Å². The number of hydrogen-bond donors (Lipinski definition) is 2. The van der Waals surface area contributed by atoms with Crippen LogP contribution in [0.2, 0.25) is 0 Å². The number of benzene rings is 1. The minimum atomic E-state index is -0.0374. The number of rotatable bonds is 3. The van der Waals surface area contributed by atoms with Gasteiger partial charge in [-0.05, 0) is 23.3 Å². The van der Waals surface area contributed by atoms with Crippen molar-refractivity contribution in [2.24, 2.45) is 0 Å². The first kappa shape index (κ1) is 9.93. The molecule has 1 aliphatic rings. The number of hydrogen-bond acceptors (Lipinski definition) is 2. The molecule has 1 aliphatic heterocycles. The molecule has 1 amide bonds. The molecule has 0 aliphatic carbocycles. The van der Waals surface area contributed by atoms with Gasteiger partial charge in [-0.2, -0.15) is 0 Å². The van der Waals surface area contributed by atoms with Crippen LogP contribution in [0.25, 0.3) is 0 Å². The van der Waals surface area contributed by atoms with Gasteiger partial charge in [-0.25, -0.2) is 0 Å². The lowest BCUT2D eigenvalue weighted by Crippen LogP contribution is -2.23. The first-order valence-electron chi connectivity index (χ1n) is 5.03. The topological polar surface area (TPSA) is 41.1 Å². The van der Waals surface area contributed by atoms with E-state index in [0.29, 0.717) is 6.54 Å². The molecule has 0 saturated heterocycles. The molecule has 3 nitrogen and oxygen atoms in total. The van der Waals surface area contributed by atoms with Crippen LogP contribution >= 0.6 is 0 Å². The van der Waals surface area contributed by atoms with E-state index in [1.807, 2.05) is 18.2 Å². The SMILES string of the molecule is C=CCNC(=O)c1ccc2c(c1)CNC2. The van der Waals surface area contributed by atoms with Crippen LogP contribution in [0.1, 0.15) is 21.5 Å². The third-order valence-corrected chi connectivity index (χ3v) is 2.51. The maximum Gasteiger partial charge on any atom is 0.251 e. The van der Waals surface area contributed by atoms with Gasteiger partial charge in [0.25, 0.3) is 5.91 Å². The monoisotopic (exact) mass is 202 g/mol. The lowest BCUT2D eigenvalue weighted by molar-refractivity contribution is 0.0958. The number of fused-ring (bicyclic) bond motifs is 1. The quantitative estimate of drug-likeness (QED) is 0.723. The molecule has 0 aromatic heterocycles. The average Bonchev–Trinajstić information content (AvgIpc) is 2.72. The van der Waals surface area contributed by atoms with Crippen LogP contribution in [-0.2, 0) is 13.1 Å². The lowest BCUT2D eigenvalue weighted by atomic mass is 10.1. The molecule has 1 heterocycles. The van der Waals surface area contributed by atoms with Crippen LogP contribution in [0.3, 0.4) is 0 Å². The highest BCUT2D eigenvalue weighted by molar-refractivity contribution is 5.94. The molecule has 78 valence electrons. The molecule has 3 heteroatoms. The smallest absolute Gasteiger partial charge is 0.251 e. The van der Waals surface area contributed by atoms with Crippen molar-refractivity contribution in [1.29, 1.82) is 0 Å². The zero-order valence-electron chi connectivity index (χ0n) is 8.55. The third kappa shape index (κ3) is 2.07. The minimum Gasteiger partial charge on any atom is -0.349 e. The molecule has 2 N–H and O–H groups in total. The van der Waals surface area contributed by atoms with E-state index in [0.717, 1.165) is 18.7 Å². The van der Waals surface area contributed by atoms with Gasteiger partial charge in [0.2, 0.25) is 0 Å². The molecular weight excluding hydrogens is 188 g/mol. The third-order valence-electron chi connectivity index (χ3n) is 2.51. The van der Waals surface area contributed by atoms with Crippen LogP contribution in [0.15, 0.2) is 30.9 Å². The average molecular weight is 202 g/mol. The standard InChI is InChI=1S/C12H14N2O/c1-2-5-14-12(15)9-3-4-10-7-13-8-11(10)6-9/h2-4,6,13H,1,5,7-8H2,(H,14,15). The predicted octanol–water partition coefficient (Wildman–Crippen LogP) is 1.21. The summed E-state index contributed by atoms with van der Waals surface area (Å²) in [6.07, 6.45) is 1.67. The Bertz CT molecular complexity index is 399. The summed E-state index contributed by atoms with van der Waals surface area (Å²) in [5.41, 5.74) is 3.23. The van der Waals surface area contributed by atoms with Gasteiger partial charge >= 0.3 is 0 Å². The summed E-state index contributed by atoms with van der Waals surface area (Å²) in [5, 5.41) is 6.01. The van der Waals surface area contributed by atoms with E-state index < -0.39 is 0 Å². The first-order valence-corrected chi connectivity index (χ1v) is 5.03. The van der Waals surface area contributed by atoms with Crippen LogP contribution < -0.4 is 10.6 Å². The van der Waals surface area contributed by atoms with E-state index in [-0.39, 0.29) is 5.91 Å². The molecule has 0 unspecified atom stereocenters. The second kappa shape index (κ2) is 4.28. The maximum absolute atomic E-state index is 11.6. The van der Waals surface area contributed by atoms with Gasteiger partial charge in [0.1, 0.15) is 0 Å². The Morgan fingerprint density at radius 2 is 2.27 bits per heavy atom. The van der Waals surface area contributed by atoms with E-state index in [2.05, 4.69) is 17.2 Å². The lowest BCUT2D eigenvalue weighted by Gasteiger charge is -2.04. The van der Waals surface area contributed by atoms with Crippen molar-refractivity contribution in [1.82, 2.24) is 10.6 Å². The molecule has 0 bridgehead atoms. The van der Waals surface area contributed by atoms with E-state index in [9.17, 15) is 4.79 Å². The summed E-state index contributed by atoms with van der Waals surface area (Å²) in [4.78, 5) is 11.6. The van der Waals surface area contributed by atoms with Gasteiger partial charge in [-0.1, -0.05) is 12.1 Å². The number of nitrogens with one attached hydrogen (secondary N) is 2. The Morgan fingerprint density at radius 1 is 1.47 bits per heavy atom. The van der Waals surface area contributed by atoms with Gasteiger partial charge in [-0.15, -0.1) is 6.58 Å². The first-order chi connectivity index (χ1) is 7.31. The summed E-state index contributed by atoms with van der Waals surface area (Å²) in [6, 6.07) is 5.83. The maximum atomic E-state index is 11.6. The fourth-order valence-electron chi connectivity index (χ4n) is 1.70. The number of carbonyl (C=O) groups excluding carboxylic acids is 1. The summed E-state index contributed by atoms with van der Waals surface area (Å²) < 4.78 is 0. The zero-order valence-corrected chi connectivity index (χ0v) is 8.55. The Balaban J connectivity index is 2.15. The molecule has 2 rings (SSSR count). The molecule has 0 radical (unpaired) electrons. The van der Waals surface area contributed by atoms with Crippen molar-refractivity contribution in [3.8, 4) is 0 Å². The van der Waals surface area contributed by atoms with Crippen molar-refractivity contribution >= 4 is 5.91 Å². The number of carbonyl (C=O) groups is 1. The zero-order chi connectivity index (χ0) is 10.7. The summed E-state index contributed by atoms with van der Waals surface area (Å²) >= 11 is 0. The van der Waals surface area contributed by atoms with Gasteiger partial charge in [-0.3, -0.25) is 4.79 Å². The van der Waals surface area contributed by atoms with Crippen molar-refractivity contribution in [3.63, 3.8) is 0 Å². The normalized spacial score (nSPS) is 13.3. The van der Waals surface area contributed by atoms with E-state index >= 15 is 0 Å².